The molecule has 1 aromatic carbocycles. The van der Waals surface area contributed by atoms with E-state index >= 15 is 0 Å². The zero-order valence-corrected chi connectivity index (χ0v) is 12.8. The highest BCUT2D eigenvalue weighted by Crippen LogP contribution is 2.32. The van der Waals surface area contributed by atoms with E-state index in [1.165, 1.54) is 0 Å². The molecule has 2 rings (SSSR count). The second-order valence-corrected chi connectivity index (χ2v) is 5.42. The number of likely N-dealkylation sites (tertiary alicyclic amines) is 1. The molecule has 116 valence electrons. The van der Waals surface area contributed by atoms with Crippen LogP contribution in [0.1, 0.15) is 36.5 Å². The predicted octanol–water partition coefficient (Wildman–Crippen LogP) is 2.08. The van der Waals surface area contributed by atoms with Crippen LogP contribution in [0.3, 0.4) is 0 Å². The van der Waals surface area contributed by atoms with Gasteiger partial charge in [0.15, 0.2) is 0 Å². The van der Waals surface area contributed by atoms with Crippen LogP contribution in [-0.4, -0.2) is 48.8 Å². The van der Waals surface area contributed by atoms with Crippen LogP contribution in [0.2, 0.25) is 0 Å². The number of methoxy groups -OCH3 is 2. The van der Waals surface area contributed by atoms with E-state index in [0.717, 1.165) is 12.8 Å². The summed E-state index contributed by atoms with van der Waals surface area (Å²) in [5.74, 6) is 0.941. The Bertz CT molecular complexity index is 479. The molecule has 1 fully saturated rings. The van der Waals surface area contributed by atoms with Gasteiger partial charge in [-0.1, -0.05) is 6.07 Å². The van der Waals surface area contributed by atoms with E-state index in [1.54, 1.807) is 39.3 Å². The minimum absolute atomic E-state index is 0.0760. The van der Waals surface area contributed by atoms with E-state index in [2.05, 4.69) is 0 Å². The summed E-state index contributed by atoms with van der Waals surface area (Å²) in [4.78, 5) is 14.7. The quantitative estimate of drug-likeness (QED) is 0.903. The number of nitrogens with zero attached hydrogens (tertiary/aromatic N) is 1. The number of aliphatic hydroxyl groups is 1. The standard InChI is InChI=1S/C16H23NO4/c1-11(18)10-12-6-5-9-17(12)16(19)15-13(20-2)7-4-8-14(15)21-3/h4,7-8,11-12,18H,5-6,9-10H2,1-3H3. The molecule has 1 amide bonds. The third-order valence-corrected chi connectivity index (χ3v) is 3.89. The van der Waals surface area contributed by atoms with Crippen LogP contribution in [0.5, 0.6) is 11.5 Å². The molecule has 0 spiro atoms. The van der Waals surface area contributed by atoms with Crippen molar-refractivity contribution in [2.24, 2.45) is 0 Å². The highest BCUT2D eigenvalue weighted by atomic mass is 16.5. The normalized spacial score (nSPS) is 19.4. The first-order valence-electron chi connectivity index (χ1n) is 7.28. The fourth-order valence-corrected chi connectivity index (χ4v) is 2.95. The van der Waals surface area contributed by atoms with Gasteiger partial charge in [0.05, 0.1) is 20.3 Å². The lowest BCUT2D eigenvalue weighted by molar-refractivity contribution is 0.0675. The molecule has 1 aliphatic heterocycles. The maximum Gasteiger partial charge on any atom is 0.261 e. The average molecular weight is 293 g/mol. The van der Waals surface area contributed by atoms with Gasteiger partial charge in [0, 0.05) is 12.6 Å². The van der Waals surface area contributed by atoms with Crippen LogP contribution >= 0.6 is 0 Å². The van der Waals surface area contributed by atoms with E-state index < -0.39 is 6.10 Å². The summed E-state index contributed by atoms with van der Waals surface area (Å²) in [6, 6.07) is 5.39. The molecule has 0 radical (unpaired) electrons. The van der Waals surface area contributed by atoms with Crippen LogP contribution < -0.4 is 9.47 Å². The number of carbonyl (C=O) groups excluding carboxylic acids is 1. The number of rotatable bonds is 5. The largest absolute Gasteiger partial charge is 0.496 e. The SMILES string of the molecule is COc1cccc(OC)c1C(=O)N1CCCC1CC(C)O. The monoisotopic (exact) mass is 293 g/mol. The van der Waals surface area contributed by atoms with Crippen molar-refractivity contribution in [3.8, 4) is 11.5 Å². The molecule has 1 heterocycles. The van der Waals surface area contributed by atoms with Gasteiger partial charge in [-0.05, 0) is 38.3 Å². The number of amides is 1. The van der Waals surface area contributed by atoms with Crippen molar-refractivity contribution in [3.05, 3.63) is 23.8 Å². The number of hydrogen-bond donors (Lipinski definition) is 1. The van der Waals surface area contributed by atoms with E-state index in [0.29, 0.717) is 30.0 Å². The topological polar surface area (TPSA) is 59.0 Å². The average Bonchev–Trinajstić information content (AvgIpc) is 2.92. The van der Waals surface area contributed by atoms with Gasteiger partial charge in [-0.3, -0.25) is 4.79 Å². The zero-order chi connectivity index (χ0) is 15.4. The Hall–Kier alpha value is -1.75. The second-order valence-electron chi connectivity index (χ2n) is 5.42. The minimum atomic E-state index is -0.414. The first kappa shape index (κ1) is 15.6. The van der Waals surface area contributed by atoms with Gasteiger partial charge in [0.25, 0.3) is 5.91 Å². The van der Waals surface area contributed by atoms with Crippen molar-refractivity contribution in [2.45, 2.75) is 38.3 Å². The van der Waals surface area contributed by atoms with E-state index in [4.69, 9.17) is 9.47 Å². The highest BCUT2D eigenvalue weighted by molar-refractivity contribution is 6.00. The first-order valence-corrected chi connectivity index (χ1v) is 7.28. The van der Waals surface area contributed by atoms with Gasteiger partial charge in [-0.25, -0.2) is 0 Å². The van der Waals surface area contributed by atoms with Crippen LogP contribution in [0.15, 0.2) is 18.2 Å². The second kappa shape index (κ2) is 6.80. The molecule has 1 aliphatic rings. The molecule has 5 heteroatoms. The fraction of sp³-hybridized carbons (Fsp3) is 0.562. The third-order valence-electron chi connectivity index (χ3n) is 3.89. The van der Waals surface area contributed by atoms with Crippen LogP contribution in [0.4, 0.5) is 0 Å². The van der Waals surface area contributed by atoms with Crippen molar-refractivity contribution < 1.29 is 19.4 Å². The first-order chi connectivity index (χ1) is 10.1. The third kappa shape index (κ3) is 3.29. The maximum atomic E-state index is 12.9. The molecule has 0 aliphatic carbocycles. The van der Waals surface area contributed by atoms with Crippen molar-refractivity contribution >= 4 is 5.91 Å². The molecule has 2 unspecified atom stereocenters. The van der Waals surface area contributed by atoms with Gasteiger partial charge < -0.3 is 19.5 Å². The highest BCUT2D eigenvalue weighted by Gasteiger charge is 2.33. The predicted molar refractivity (Wildman–Crippen MR) is 79.9 cm³/mol. The lowest BCUT2D eigenvalue weighted by Crippen LogP contribution is -2.37. The Labute approximate surface area is 125 Å². The molecule has 21 heavy (non-hydrogen) atoms. The molecule has 1 N–H and O–H groups in total. The summed E-state index contributed by atoms with van der Waals surface area (Å²) >= 11 is 0. The molecular formula is C16H23NO4. The summed E-state index contributed by atoms with van der Waals surface area (Å²) in [6.45, 7) is 2.46. The number of aliphatic hydroxyl groups excluding tert-OH is 1. The molecule has 5 nitrogen and oxygen atoms in total. The fourth-order valence-electron chi connectivity index (χ4n) is 2.95. The van der Waals surface area contributed by atoms with Gasteiger partial charge in [-0.2, -0.15) is 0 Å². The van der Waals surface area contributed by atoms with E-state index in [-0.39, 0.29) is 11.9 Å². The summed E-state index contributed by atoms with van der Waals surface area (Å²) in [7, 11) is 3.09. The lowest BCUT2D eigenvalue weighted by Gasteiger charge is -2.27. The maximum absolute atomic E-state index is 12.9. The van der Waals surface area contributed by atoms with Gasteiger partial charge in [0.2, 0.25) is 0 Å². The summed E-state index contributed by atoms with van der Waals surface area (Å²) in [5, 5.41) is 9.60. The van der Waals surface area contributed by atoms with Crippen LogP contribution in [0, 0.1) is 0 Å². The van der Waals surface area contributed by atoms with E-state index in [1.807, 2.05) is 4.90 Å². The Balaban J connectivity index is 2.31. The molecule has 0 aromatic heterocycles. The molecule has 0 bridgehead atoms. The Morgan fingerprint density at radius 3 is 2.52 bits per heavy atom. The Morgan fingerprint density at radius 2 is 2.00 bits per heavy atom. The molecular weight excluding hydrogens is 270 g/mol. The van der Waals surface area contributed by atoms with Gasteiger partial charge in [-0.15, -0.1) is 0 Å². The zero-order valence-electron chi connectivity index (χ0n) is 12.8. The van der Waals surface area contributed by atoms with Crippen LogP contribution in [-0.2, 0) is 0 Å². The smallest absolute Gasteiger partial charge is 0.261 e. The Morgan fingerprint density at radius 1 is 1.38 bits per heavy atom. The van der Waals surface area contributed by atoms with Gasteiger partial charge >= 0.3 is 0 Å². The lowest BCUT2D eigenvalue weighted by atomic mass is 10.1. The van der Waals surface area contributed by atoms with Crippen LogP contribution in [0.25, 0.3) is 0 Å². The number of benzene rings is 1. The Kier molecular flexibility index (Phi) is 5.07. The molecule has 0 saturated carbocycles. The van der Waals surface area contributed by atoms with E-state index in [9.17, 15) is 9.90 Å². The summed E-state index contributed by atoms with van der Waals surface area (Å²) in [6.07, 6.45) is 2.07. The molecule has 1 saturated heterocycles. The van der Waals surface area contributed by atoms with Crippen molar-refractivity contribution in [1.29, 1.82) is 0 Å². The minimum Gasteiger partial charge on any atom is -0.496 e. The number of ether oxygens (including phenoxy) is 2. The molecule has 1 aromatic rings. The van der Waals surface area contributed by atoms with Crippen molar-refractivity contribution in [2.75, 3.05) is 20.8 Å². The summed E-state index contributed by atoms with van der Waals surface area (Å²) in [5.41, 5.74) is 0.458. The summed E-state index contributed by atoms with van der Waals surface area (Å²) < 4.78 is 10.6. The van der Waals surface area contributed by atoms with Crippen molar-refractivity contribution in [1.82, 2.24) is 4.90 Å². The van der Waals surface area contributed by atoms with Gasteiger partial charge in [0.1, 0.15) is 17.1 Å². The molecule has 2 atom stereocenters. The number of hydrogen-bond acceptors (Lipinski definition) is 4. The number of carbonyl (C=O) groups is 1. The van der Waals surface area contributed by atoms with Crippen molar-refractivity contribution in [3.63, 3.8) is 0 Å².